The number of halogens is 5. The Morgan fingerprint density at radius 2 is 1.80 bits per heavy atom. The highest BCUT2D eigenvalue weighted by Crippen LogP contribution is 2.32. The van der Waals surface area contributed by atoms with Crippen molar-refractivity contribution < 1.29 is 35.2 Å². The van der Waals surface area contributed by atoms with Gasteiger partial charge in [0.15, 0.2) is 17.4 Å². The Labute approximate surface area is 202 Å². The number of hydrogen-bond donors (Lipinski definition) is 0. The van der Waals surface area contributed by atoms with E-state index in [1.54, 1.807) is 5.38 Å². The molecule has 0 unspecified atom stereocenters. The van der Waals surface area contributed by atoms with E-state index in [1.807, 2.05) is 0 Å². The van der Waals surface area contributed by atoms with Crippen LogP contribution in [-0.4, -0.2) is 36.1 Å². The molecule has 2 aromatic carbocycles. The molecule has 0 bridgehead atoms. The van der Waals surface area contributed by atoms with Crippen LogP contribution in [0.3, 0.4) is 0 Å². The van der Waals surface area contributed by atoms with Crippen molar-refractivity contribution in [1.29, 1.82) is 0 Å². The quantitative estimate of drug-likeness (QED) is 0.381. The van der Waals surface area contributed by atoms with E-state index in [0.717, 1.165) is 28.6 Å². The standard InChI is InChI=1S/C23H19F5N2O3S2/c24-17-8-7-16(12-18(17)25)35(32,33)30-11-1-2-20(30)21(31)9-10-22-29-19(13-34-22)14-3-5-15(6-4-14)23(26,27)28/h3-8,12-13,20H,1-2,9-11H2/t20-/m0/s1. The molecule has 5 nitrogen and oxygen atoms in total. The van der Waals surface area contributed by atoms with E-state index < -0.39 is 44.3 Å². The van der Waals surface area contributed by atoms with Crippen LogP contribution < -0.4 is 0 Å². The summed E-state index contributed by atoms with van der Waals surface area (Å²) < 4.78 is 91.9. The Kier molecular flexibility index (Phi) is 7.07. The zero-order chi connectivity index (χ0) is 25.4. The summed E-state index contributed by atoms with van der Waals surface area (Å²) in [5.41, 5.74) is 0.225. The van der Waals surface area contributed by atoms with Gasteiger partial charge in [-0.15, -0.1) is 11.3 Å². The minimum Gasteiger partial charge on any atom is -0.298 e. The summed E-state index contributed by atoms with van der Waals surface area (Å²) in [5, 5.41) is 2.26. The van der Waals surface area contributed by atoms with Crippen molar-refractivity contribution in [2.24, 2.45) is 0 Å². The summed E-state index contributed by atoms with van der Waals surface area (Å²) in [5.74, 6) is -2.78. The predicted molar refractivity (Wildman–Crippen MR) is 119 cm³/mol. The molecule has 0 aliphatic carbocycles. The number of carbonyl (C=O) groups is 1. The van der Waals surface area contributed by atoms with Crippen molar-refractivity contribution in [2.45, 2.75) is 42.8 Å². The van der Waals surface area contributed by atoms with Gasteiger partial charge in [-0.25, -0.2) is 22.2 Å². The lowest BCUT2D eigenvalue weighted by molar-refractivity contribution is -0.137. The Hall–Kier alpha value is -2.70. The van der Waals surface area contributed by atoms with E-state index in [1.165, 1.54) is 23.5 Å². The van der Waals surface area contributed by atoms with Crippen molar-refractivity contribution in [3.63, 3.8) is 0 Å². The molecule has 1 aliphatic rings. The van der Waals surface area contributed by atoms with Crippen LogP contribution in [0.25, 0.3) is 11.3 Å². The van der Waals surface area contributed by atoms with E-state index in [2.05, 4.69) is 4.98 Å². The second-order valence-electron chi connectivity index (χ2n) is 8.02. The first-order valence-electron chi connectivity index (χ1n) is 10.6. The predicted octanol–water partition coefficient (Wildman–Crippen LogP) is 5.46. The molecule has 1 aromatic heterocycles. The lowest BCUT2D eigenvalue weighted by Crippen LogP contribution is -2.40. The van der Waals surface area contributed by atoms with Crippen LogP contribution in [0.5, 0.6) is 0 Å². The third kappa shape index (κ3) is 5.44. The Bertz CT molecular complexity index is 1340. The van der Waals surface area contributed by atoms with Crippen LogP contribution in [-0.2, 0) is 27.4 Å². The highest BCUT2D eigenvalue weighted by Gasteiger charge is 2.39. The van der Waals surface area contributed by atoms with Crippen molar-refractivity contribution in [3.05, 3.63) is 70.1 Å². The highest BCUT2D eigenvalue weighted by atomic mass is 32.2. The Balaban J connectivity index is 1.42. The zero-order valence-corrected chi connectivity index (χ0v) is 19.7. The molecule has 0 N–H and O–H groups in total. The lowest BCUT2D eigenvalue weighted by atomic mass is 10.1. The normalized spacial score (nSPS) is 17.1. The van der Waals surface area contributed by atoms with Gasteiger partial charge in [-0.2, -0.15) is 17.5 Å². The third-order valence-corrected chi connectivity index (χ3v) is 8.53. The van der Waals surface area contributed by atoms with Gasteiger partial charge in [0.25, 0.3) is 0 Å². The fourth-order valence-electron chi connectivity index (χ4n) is 3.91. The molecular formula is C23H19F5N2O3S2. The number of rotatable bonds is 7. The Morgan fingerprint density at radius 1 is 1.09 bits per heavy atom. The van der Waals surface area contributed by atoms with Crippen LogP contribution in [0.2, 0.25) is 0 Å². The van der Waals surface area contributed by atoms with Gasteiger partial charge >= 0.3 is 6.18 Å². The molecule has 0 saturated carbocycles. The number of sulfonamides is 1. The van der Waals surface area contributed by atoms with Crippen LogP contribution in [0.1, 0.15) is 29.8 Å². The second-order valence-corrected chi connectivity index (χ2v) is 10.9. The molecular weight excluding hydrogens is 511 g/mol. The van der Waals surface area contributed by atoms with Crippen molar-refractivity contribution in [2.75, 3.05) is 6.54 Å². The van der Waals surface area contributed by atoms with E-state index in [9.17, 15) is 35.2 Å². The first kappa shape index (κ1) is 25.4. The molecule has 4 rings (SSSR count). The summed E-state index contributed by atoms with van der Waals surface area (Å²) in [4.78, 5) is 16.8. The largest absolute Gasteiger partial charge is 0.416 e. The fourth-order valence-corrected chi connectivity index (χ4v) is 6.41. The van der Waals surface area contributed by atoms with Crippen molar-refractivity contribution in [1.82, 2.24) is 9.29 Å². The number of nitrogens with zero attached hydrogens (tertiary/aromatic N) is 2. The minimum absolute atomic E-state index is 0.00836. The van der Waals surface area contributed by atoms with Crippen LogP contribution in [0, 0.1) is 11.6 Å². The monoisotopic (exact) mass is 530 g/mol. The molecule has 0 amide bonds. The minimum atomic E-state index is -4.43. The summed E-state index contributed by atoms with van der Waals surface area (Å²) in [7, 11) is -4.19. The number of Topliss-reactive ketones (excluding diaryl/α,β-unsaturated/α-hetero) is 1. The van der Waals surface area contributed by atoms with Crippen molar-refractivity contribution >= 4 is 27.1 Å². The molecule has 0 radical (unpaired) electrons. The van der Waals surface area contributed by atoms with Gasteiger partial charge in [0.05, 0.1) is 27.2 Å². The molecule has 1 atom stereocenters. The average Bonchev–Trinajstić information content (AvgIpc) is 3.49. The number of ketones is 1. The zero-order valence-electron chi connectivity index (χ0n) is 18.1. The van der Waals surface area contributed by atoms with Crippen LogP contribution in [0.15, 0.2) is 52.7 Å². The number of carbonyl (C=O) groups excluding carboxylic acids is 1. The summed E-state index contributed by atoms with van der Waals surface area (Å²) in [6, 6.07) is 5.97. The fraction of sp³-hybridized carbons (Fsp3) is 0.304. The third-order valence-electron chi connectivity index (χ3n) is 5.72. The summed E-state index contributed by atoms with van der Waals surface area (Å²) >= 11 is 1.25. The number of aromatic nitrogens is 1. The first-order valence-corrected chi connectivity index (χ1v) is 12.9. The molecule has 186 valence electrons. The van der Waals surface area contributed by atoms with Gasteiger partial charge < -0.3 is 0 Å². The number of aryl methyl sites for hydroxylation is 1. The smallest absolute Gasteiger partial charge is 0.298 e. The number of thiazole rings is 1. The average molecular weight is 531 g/mol. The number of hydrogen-bond acceptors (Lipinski definition) is 5. The molecule has 0 spiro atoms. The topological polar surface area (TPSA) is 67.3 Å². The second kappa shape index (κ2) is 9.75. The molecule has 3 aromatic rings. The van der Waals surface area contributed by atoms with Gasteiger partial charge in [-0.3, -0.25) is 4.79 Å². The highest BCUT2D eigenvalue weighted by molar-refractivity contribution is 7.89. The van der Waals surface area contributed by atoms with Gasteiger partial charge in [-0.1, -0.05) is 12.1 Å². The molecule has 1 fully saturated rings. The molecule has 12 heteroatoms. The van der Waals surface area contributed by atoms with E-state index in [-0.39, 0.29) is 25.2 Å². The van der Waals surface area contributed by atoms with Crippen LogP contribution >= 0.6 is 11.3 Å². The van der Waals surface area contributed by atoms with Gasteiger partial charge in [0.1, 0.15) is 0 Å². The van der Waals surface area contributed by atoms with E-state index >= 15 is 0 Å². The SMILES string of the molecule is O=C(CCc1nc(-c2ccc(C(F)(F)F)cc2)cs1)[C@@H]1CCCN1S(=O)(=O)c1ccc(F)c(F)c1. The maximum atomic E-state index is 13.6. The lowest BCUT2D eigenvalue weighted by Gasteiger charge is -2.23. The molecule has 35 heavy (non-hydrogen) atoms. The van der Waals surface area contributed by atoms with E-state index in [0.29, 0.717) is 35.2 Å². The van der Waals surface area contributed by atoms with Gasteiger partial charge in [-0.05, 0) is 43.2 Å². The summed E-state index contributed by atoms with van der Waals surface area (Å²) in [6.45, 7) is 0.0903. The maximum Gasteiger partial charge on any atom is 0.416 e. The number of alkyl halides is 3. The molecule has 2 heterocycles. The number of benzene rings is 2. The Morgan fingerprint density at radius 3 is 2.46 bits per heavy atom. The van der Waals surface area contributed by atoms with Crippen LogP contribution in [0.4, 0.5) is 22.0 Å². The van der Waals surface area contributed by atoms with Gasteiger partial charge in [0.2, 0.25) is 10.0 Å². The maximum absolute atomic E-state index is 13.6. The molecule has 1 saturated heterocycles. The first-order chi connectivity index (χ1) is 16.5. The molecule has 1 aliphatic heterocycles. The van der Waals surface area contributed by atoms with Gasteiger partial charge in [0, 0.05) is 30.3 Å². The van der Waals surface area contributed by atoms with Crippen molar-refractivity contribution in [3.8, 4) is 11.3 Å². The summed E-state index contributed by atoms with van der Waals surface area (Å²) in [6.07, 6.45) is -3.42. The van der Waals surface area contributed by atoms with E-state index in [4.69, 9.17) is 0 Å².